The summed E-state index contributed by atoms with van der Waals surface area (Å²) in [7, 11) is 4.26. The van der Waals surface area contributed by atoms with Crippen molar-refractivity contribution in [2.75, 3.05) is 53.4 Å². The fraction of sp³-hybridized carbons (Fsp3) is 0.682. The molecule has 2 heterocycles. The van der Waals surface area contributed by atoms with Crippen LogP contribution in [0.3, 0.4) is 0 Å². The lowest BCUT2D eigenvalue weighted by atomic mass is 9.86. The molecule has 0 saturated carbocycles. The number of carbonyl (C=O) groups excluding carboxylic acids is 1. The SMILES string of the molecule is CCc1cccc(OC2CN(C(=O)NCC3(N(C)C)CCN(CC)CC3)C2)c1. The Labute approximate surface area is 169 Å². The summed E-state index contributed by atoms with van der Waals surface area (Å²) in [5.74, 6) is 0.902. The van der Waals surface area contributed by atoms with Crippen LogP contribution in [0.2, 0.25) is 0 Å². The number of likely N-dealkylation sites (N-methyl/N-ethyl adjacent to an activating group) is 1. The van der Waals surface area contributed by atoms with Crippen LogP contribution in [0.1, 0.15) is 32.3 Å². The van der Waals surface area contributed by atoms with Gasteiger partial charge in [0.2, 0.25) is 0 Å². The Bertz CT molecular complexity index is 650. The average molecular weight is 389 g/mol. The highest BCUT2D eigenvalue weighted by atomic mass is 16.5. The summed E-state index contributed by atoms with van der Waals surface area (Å²) in [6, 6.07) is 8.25. The Morgan fingerprint density at radius 3 is 2.57 bits per heavy atom. The molecule has 6 nitrogen and oxygen atoms in total. The van der Waals surface area contributed by atoms with Crippen molar-refractivity contribution in [3.63, 3.8) is 0 Å². The Hall–Kier alpha value is -1.79. The number of likely N-dealkylation sites (tertiary alicyclic amines) is 2. The minimum Gasteiger partial charge on any atom is -0.487 e. The first-order valence-electron chi connectivity index (χ1n) is 10.6. The van der Waals surface area contributed by atoms with Gasteiger partial charge in [-0.15, -0.1) is 0 Å². The number of ether oxygens (including phenoxy) is 1. The second kappa shape index (κ2) is 9.14. The van der Waals surface area contributed by atoms with E-state index in [0.29, 0.717) is 19.6 Å². The molecule has 156 valence electrons. The molecule has 28 heavy (non-hydrogen) atoms. The zero-order valence-corrected chi connectivity index (χ0v) is 17.9. The van der Waals surface area contributed by atoms with E-state index in [9.17, 15) is 4.79 Å². The van der Waals surface area contributed by atoms with Gasteiger partial charge in [-0.05, 0) is 70.7 Å². The van der Waals surface area contributed by atoms with Gasteiger partial charge in [0, 0.05) is 12.1 Å². The third kappa shape index (κ3) is 4.78. The summed E-state index contributed by atoms with van der Waals surface area (Å²) in [6.07, 6.45) is 3.27. The molecule has 6 heteroatoms. The maximum Gasteiger partial charge on any atom is 0.317 e. The first-order chi connectivity index (χ1) is 13.5. The van der Waals surface area contributed by atoms with Gasteiger partial charge in [0.25, 0.3) is 0 Å². The van der Waals surface area contributed by atoms with Crippen molar-refractivity contribution in [1.29, 1.82) is 0 Å². The summed E-state index contributed by atoms with van der Waals surface area (Å²) < 4.78 is 6.01. The summed E-state index contributed by atoms with van der Waals surface area (Å²) in [5, 5.41) is 3.18. The zero-order valence-electron chi connectivity index (χ0n) is 17.9. The van der Waals surface area contributed by atoms with E-state index in [-0.39, 0.29) is 17.7 Å². The minimum absolute atomic E-state index is 0.0290. The highest BCUT2D eigenvalue weighted by Gasteiger charge is 2.38. The molecule has 2 aliphatic rings. The number of rotatable bonds is 7. The fourth-order valence-corrected chi connectivity index (χ4v) is 4.13. The van der Waals surface area contributed by atoms with Gasteiger partial charge in [-0.3, -0.25) is 0 Å². The first kappa shape index (κ1) is 20.9. The van der Waals surface area contributed by atoms with Gasteiger partial charge in [-0.25, -0.2) is 4.79 Å². The quantitative estimate of drug-likeness (QED) is 0.779. The number of piperidine rings is 1. The first-order valence-corrected chi connectivity index (χ1v) is 10.6. The second-order valence-corrected chi connectivity index (χ2v) is 8.36. The van der Waals surface area contributed by atoms with Gasteiger partial charge in [-0.1, -0.05) is 26.0 Å². The van der Waals surface area contributed by atoms with Crippen molar-refractivity contribution >= 4 is 6.03 Å². The summed E-state index contributed by atoms with van der Waals surface area (Å²) in [4.78, 5) is 19.2. The third-order valence-corrected chi connectivity index (χ3v) is 6.50. The molecule has 2 fully saturated rings. The normalized spacial score (nSPS) is 20.1. The van der Waals surface area contributed by atoms with Crippen LogP contribution in [-0.4, -0.2) is 85.7 Å². The van der Waals surface area contributed by atoms with Crippen molar-refractivity contribution in [3.8, 4) is 5.75 Å². The van der Waals surface area contributed by atoms with Gasteiger partial charge in [0.15, 0.2) is 0 Å². The molecule has 2 aliphatic heterocycles. The minimum atomic E-state index is 0.0290. The van der Waals surface area contributed by atoms with Crippen LogP contribution in [0.25, 0.3) is 0 Å². The van der Waals surface area contributed by atoms with Crippen molar-refractivity contribution in [2.45, 2.75) is 44.8 Å². The van der Waals surface area contributed by atoms with Crippen molar-refractivity contribution in [3.05, 3.63) is 29.8 Å². The number of hydrogen-bond acceptors (Lipinski definition) is 4. The monoisotopic (exact) mass is 388 g/mol. The molecule has 1 aromatic rings. The number of nitrogens with zero attached hydrogens (tertiary/aromatic N) is 3. The van der Waals surface area contributed by atoms with Gasteiger partial charge >= 0.3 is 6.03 Å². The number of hydrogen-bond donors (Lipinski definition) is 1. The van der Waals surface area contributed by atoms with Crippen molar-refractivity contribution in [2.24, 2.45) is 0 Å². The van der Waals surface area contributed by atoms with Crippen LogP contribution < -0.4 is 10.1 Å². The maximum atomic E-state index is 12.6. The highest BCUT2D eigenvalue weighted by Crippen LogP contribution is 2.27. The van der Waals surface area contributed by atoms with Gasteiger partial charge in [-0.2, -0.15) is 0 Å². The van der Waals surface area contributed by atoms with Crippen LogP contribution in [0.5, 0.6) is 5.75 Å². The van der Waals surface area contributed by atoms with Gasteiger partial charge < -0.3 is 24.8 Å². The number of aryl methyl sites for hydroxylation is 1. The molecule has 2 amide bonds. The molecule has 1 N–H and O–H groups in total. The Kier molecular flexibility index (Phi) is 6.83. The topological polar surface area (TPSA) is 48.1 Å². The smallest absolute Gasteiger partial charge is 0.317 e. The summed E-state index contributed by atoms with van der Waals surface area (Å²) in [5.41, 5.74) is 1.33. The van der Waals surface area contributed by atoms with E-state index in [1.807, 2.05) is 17.0 Å². The molecule has 0 bridgehead atoms. The number of nitrogens with one attached hydrogen (secondary N) is 1. The van der Waals surface area contributed by atoms with Crippen LogP contribution in [0, 0.1) is 0 Å². The third-order valence-electron chi connectivity index (χ3n) is 6.50. The zero-order chi connectivity index (χ0) is 20.1. The predicted molar refractivity (Wildman–Crippen MR) is 113 cm³/mol. The van der Waals surface area contributed by atoms with Crippen LogP contribution in [-0.2, 0) is 6.42 Å². The molecule has 0 unspecified atom stereocenters. The number of benzene rings is 1. The largest absolute Gasteiger partial charge is 0.487 e. The fourth-order valence-electron chi connectivity index (χ4n) is 4.13. The van der Waals surface area contributed by atoms with E-state index in [4.69, 9.17) is 4.74 Å². The maximum absolute atomic E-state index is 12.6. The lowest BCUT2D eigenvalue weighted by Crippen LogP contribution is -2.63. The van der Waals surface area contributed by atoms with E-state index in [1.54, 1.807) is 0 Å². The predicted octanol–water partition coefficient (Wildman–Crippen LogP) is 2.44. The summed E-state index contributed by atoms with van der Waals surface area (Å²) >= 11 is 0. The molecular weight excluding hydrogens is 352 g/mol. The average Bonchev–Trinajstić information content (AvgIpc) is 2.69. The number of urea groups is 1. The molecule has 0 aromatic heterocycles. The molecular formula is C22H36N4O2. The van der Waals surface area contributed by atoms with E-state index < -0.39 is 0 Å². The van der Waals surface area contributed by atoms with Gasteiger partial charge in [0.05, 0.1) is 13.1 Å². The van der Waals surface area contributed by atoms with Crippen molar-refractivity contribution < 1.29 is 9.53 Å². The van der Waals surface area contributed by atoms with Crippen molar-refractivity contribution in [1.82, 2.24) is 20.0 Å². The number of carbonyl (C=O) groups is 1. The molecule has 0 radical (unpaired) electrons. The Morgan fingerprint density at radius 2 is 1.96 bits per heavy atom. The Morgan fingerprint density at radius 1 is 1.25 bits per heavy atom. The van der Waals surface area contributed by atoms with E-state index in [0.717, 1.165) is 44.6 Å². The lowest BCUT2D eigenvalue weighted by Gasteiger charge is -2.47. The molecule has 0 atom stereocenters. The highest BCUT2D eigenvalue weighted by molar-refractivity contribution is 5.75. The number of amides is 2. The molecule has 1 aromatic carbocycles. The Balaban J connectivity index is 1.44. The van der Waals surface area contributed by atoms with E-state index >= 15 is 0 Å². The standard InChI is InChI=1S/C22H36N4O2/c1-5-18-8-7-9-19(14-18)28-20-15-26(16-20)21(27)23-17-22(24(3)4)10-12-25(6-2)13-11-22/h7-9,14,20H,5-6,10-13,15-17H2,1-4H3,(H,23,27). The summed E-state index contributed by atoms with van der Waals surface area (Å²) in [6.45, 7) is 9.67. The molecule has 0 aliphatic carbocycles. The van der Waals surface area contributed by atoms with Crippen LogP contribution >= 0.6 is 0 Å². The lowest BCUT2D eigenvalue weighted by molar-refractivity contribution is 0.0361. The molecule has 0 spiro atoms. The van der Waals surface area contributed by atoms with Gasteiger partial charge in [0.1, 0.15) is 11.9 Å². The van der Waals surface area contributed by atoms with Crippen LogP contribution in [0.15, 0.2) is 24.3 Å². The molecule has 3 rings (SSSR count). The van der Waals surface area contributed by atoms with E-state index in [1.165, 1.54) is 5.56 Å². The van der Waals surface area contributed by atoms with E-state index in [2.05, 4.69) is 55.2 Å². The second-order valence-electron chi connectivity index (χ2n) is 8.36. The van der Waals surface area contributed by atoms with Crippen LogP contribution in [0.4, 0.5) is 4.79 Å². The molecule has 2 saturated heterocycles.